The van der Waals surface area contributed by atoms with Crippen molar-refractivity contribution < 1.29 is 37.4 Å². The highest BCUT2D eigenvalue weighted by atomic mass is 32.2. The summed E-state index contributed by atoms with van der Waals surface area (Å²) >= 11 is 0. The lowest BCUT2D eigenvalue weighted by Gasteiger charge is -2.30. The molecule has 13 nitrogen and oxygen atoms in total. The Morgan fingerprint density at radius 3 is 1.90 bits per heavy atom. The van der Waals surface area contributed by atoms with Crippen LogP contribution in [0.3, 0.4) is 0 Å². The molecule has 1 aliphatic rings. The Morgan fingerprint density at radius 1 is 0.824 bits per heavy atom. The third-order valence-corrected chi connectivity index (χ3v) is 9.77. The first-order valence-corrected chi connectivity index (χ1v) is 18.5. The number of rotatable bonds is 15. The van der Waals surface area contributed by atoms with Gasteiger partial charge in [0, 0.05) is 25.4 Å². The minimum atomic E-state index is -4.21. The molecule has 0 aliphatic carbocycles. The van der Waals surface area contributed by atoms with Crippen molar-refractivity contribution in [3.63, 3.8) is 0 Å². The molecule has 3 aromatic carbocycles. The molecule has 0 saturated carbocycles. The van der Waals surface area contributed by atoms with Gasteiger partial charge in [-0.25, -0.2) is 17.9 Å². The molecule has 4 amide bonds. The van der Waals surface area contributed by atoms with E-state index in [-0.39, 0.29) is 31.6 Å². The van der Waals surface area contributed by atoms with Gasteiger partial charge in [-0.3, -0.25) is 14.4 Å². The maximum atomic E-state index is 14.0. The second kappa shape index (κ2) is 17.3. The van der Waals surface area contributed by atoms with Gasteiger partial charge in [0.15, 0.2) is 0 Å². The smallest absolute Gasteiger partial charge is 0.408 e. The van der Waals surface area contributed by atoms with E-state index >= 15 is 0 Å². The number of benzene rings is 3. The van der Waals surface area contributed by atoms with Gasteiger partial charge < -0.3 is 31.1 Å². The number of hydrogen-bond acceptors (Lipinski definition) is 8. The number of hydrogen-bond donors (Lipinski definition) is 5. The highest BCUT2D eigenvalue weighted by Crippen LogP contribution is 2.22. The van der Waals surface area contributed by atoms with Crippen LogP contribution in [0.25, 0.3) is 0 Å². The molecule has 0 aromatic heterocycles. The number of aromatic hydroxyl groups is 1. The summed E-state index contributed by atoms with van der Waals surface area (Å²) in [4.78, 5) is 54.2. The molecule has 3 aromatic rings. The van der Waals surface area contributed by atoms with E-state index in [4.69, 9.17) is 10.5 Å². The number of carbonyl (C=O) groups is 4. The van der Waals surface area contributed by atoms with Gasteiger partial charge in [-0.05, 0) is 68.9 Å². The third-order valence-electron chi connectivity index (χ3n) is 8.30. The normalized spacial score (nSPS) is 16.5. The first-order valence-electron chi connectivity index (χ1n) is 16.8. The fraction of sp³-hybridized carbons (Fsp3) is 0.405. The van der Waals surface area contributed by atoms with Crippen molar-refractivity contribution >= 4 is 33.8 Å². The van der Waals surface area contributed by atoms with Gasteiger partial charge in [-0.1, -0.05) is 72.8 Å². The summed E-state index contributed by atoms with van der Waals surface area (Å²) in [5.41, 5.74) is 6.90. The summed E-state index contributed by atoms with van der Waals surface area (Å²) in [6.45, 7) is 5.34. The van der Waals surface area contributed by atoms with Crippen LogP contribution >= 0.6 is 0 Å². The summed E-state index contributed by atoms with van der Waals surface area (Å²) in [5, 5.41) is 15.0. The fourth-order valence-electron chi connectivity index (χ4n) is 5.92. The highest BCUT2D eigenvalue weighted by molar-refractivity contribution is 7.89. The Bertz CT molecular complexity index is 1750. The molecule has 0 unspecified atom stereocenters. The summed E-state index contributed by atoms with van der Waals surface area (Å²) in [6.07, 6.45) is 0.273. The first kappa shape index (κ1) is 38.8. The van der Waals surface area contributed by atoms with Crippen LogP contribution in [0.5, 0.6) is 5.75 Å². The van der Waals surface area contributed by atoms with Crippen LogP contribution in [0.1, 0.15) is 50.3 Å². The predicted octanol–water partition coefficient (Wildman–Crippen LogP) is 2.56. The molecule has 0 radical (unpaired) electrons. The number of primary amides is 1. The van der Waals surface area contributed by atoms with E-state index in [0.29, 0.717) is 24.0 Å². The van der Waals surface area contributed by atoms with E-state index < -0.39 is 69.4 Å². The summed E-state index contributed by atoms with van der Waals surface area (Å²) < 4.78 is 35.5. The van der Waals surface area contributed by atoms with Crippen molar-refractivity contribution in [2.45, 2.75) is 82.6 Å². The fourth-order valence-corrected chi connectivity index (χ4v) is 7.49. The molecule has 14 heteroatoms. The van der Waals surface area contributed by atoms with Crippen LogP contribution in [0.4, 0.5) is 4.79 Å². The van der Waals surface area contributed by atoms with Crippen LogP contribution in [-0.2, 0) is 48.4 Å². The van der Waals surface area contributed by atoms with Crippen molar-refractivity contribution in [2.75, 3.05) is 12.3 Å². The average molecular weight is 722 g/mol. The number of sulfonamides is 1. The molecule has 0 bridgehead atoms. The van der Waals surface area contributed by atoms with Crippen LogP contribution in [0, 0.1) is 0 Å². The zero-order valence-corrected chi connectivity index (χ0v) is 29.9. The second-order valence-corrected chi connectivity index (χ2v) is 15.5. The molecule has 6 N–H and O–H groups in total. The number of alkyl carbamates (subject to hydrolysis) is 1. The molecule has 4 atom stereocenters. The topological polar surface area (TPSA) is 197 Å². The lowest BCUT2D eigenvalue weighted by molar-refractivity contribution is -0.134. The number of ether oxygens (including phenoxy) is 1. The minimum Gasteiger partial charge on any atom is -0.508 e. The highest BCUT2D eigenvalue weighted by Gasteiger charge is 2.38. The molecule has 4 rings (SSSR count). The van der Waals surface area contributed by atoms with Crippen LogP contribution in [0.15, 0.2) is 84.9 Å². The lowest BCUT2D eigenvalue weighted by Crippen LogP contribution is -2.56. The summed E-state index contributed by atoms with van der Waals surface area (Å²) in [5.74, 6) is -2.44. The van der Waals surface area contributed by atoms with Crippen LogP contribution in [-0.4, -0.2) is 84.3 Å². The Morgan fingerprint density at radius 2 is 1.35 bits per heavy atom. The number of carbonyl (C=O) groups excluding carboxylic acids is 4. The second-order valence-electron chi connectivity index (χ2n) is 13.7. The predicted molar refractivity (Wildman–Crippen MR) is 192 cm³/mol. The van der Waals surface area contributed by atoms with E-state index in [9.17, 15) is 32.7 Å². The zero-order chi connectivity index (χ0) is 37.2. The number of nitrogens with two attached hydrogens (primary N) is 1. The molecular weight excluding hydrogens is 675 g/mol. The Balaban J connectivity index is 1.52. The van der Waals surface area contributed by atoms with E-state index in [1.165, 1.54) is 17.0 Å². The minimum absolute atomic E-state index is 0.00938. The molecule has 1 saturated heterocycles. The van der Waals surface area contributed by atoms with E-state index in [0.717, 1.165) is 5.56 Å². The van der Waals surface area contributed by atoms with E-state index in [1.807, 2.05) is 6.07 Å². The third kappa shape index (κ3) is 12.4. The maximum Gasteiger partial charge on any atom is 0.408 e. The SMILES string of the molecule is CC(C)(C)OC(=O)N[C@@H](Cc1ccc(O)cc1)C(=O)N1CCC[C@H]1CS(=O)(=O)N[C@@H](Cc1ccccc1)C(=O)N[C@@H](Cc1ccccc1)C(N)=O. The Hall–Kier alpha value is -4.95. The van der Waals surface area contributed by atoms with Crippen molar-refractivity contribution in [1.29, 1.82) is 0 Å². The van der Waals surface area contributed by atoms with Gasteiger partial charge in [0.2, 0.25) is 27.7 Å². The van der Waals surface area contributed by atoms with E-state index in [2.05, 4.69) is 15.4 Å². The Kier molecular flexibility index (Phi) is 13.2. The number of phenolic OH excluding ortho intramolecular Hbond substituents is 1. The first-order chi connectivity index (χ1) is 24.1. The van der Waals surface area contributed by atoms with Crippen molar-refractivity contribution in [1.82, 2.24) is 20.3 Å². The van der Waals surface area contributed by atoms with Crippen LogP contribution < -0.4 is 21.1 Å². The number of likely N-dealkylation sites (tertiary alicyclic amines) is 1. The largest absolute Gasteiger partial charge is 0.508 e. The zero-order valence-electron chi connectivity index (χ0n) is 29.1. The van der Waals surface area contributed by atoms with Gasteiger partial charge >= 0.3 is 6.09 Å². The average Bonchev–Trinajstić information content (AvgIpc) is 3.51. The monoisotopic (exact) mass is 721 g/mol. The van der Waals surface area contributed by atoms with Gasteiger partial charge in [0.1, 0.15) is 29.5 Å². The summed E-state index contributed by atoms with van der Waals surface area (Å²) in [6, 6.07) is 19.8. The lowest BCUT2D eigenvalue weighted by atomic mass is 10.0. The molecule has 1 heterocycles. The molecule has 0 spiro atoms. The number of nitrogens with one attached hydrogen (secondary N) is 3. The standard InChI is InChI=1S/C37H47N5O8S/c1-37(2,3)50-36(47)40-32(23-27-16-18-29(43)19-17-27)35(46)42-20-10-15-28(42)24-51(48,49)41-31(22-26-13-8-5-9-14-26)34(45)39-30(33(38)44)21-25-11-6-4-7-12-25/h4-9,11-14,16-19,28,30-32,41,43H,10,15,20-24H2,1-3H3,(H2,38,44)(H,39,45)(H,40,47)/t28-,30-,31-,32-/m0/s1. The molecular formula is C37H47N5O8S. The van der Waals surface area contributed by atoms with Crippen molar-refractivity contribution in [3.8, 4) is 5.75 Å². The number of nitrogens with zero attached hydrogens (tertiary/aromatic N) is 1. The number of amides is 4. The Labute approximate surface area is 299 Å². The van der Waals surface area contributed by atoms with Gasteiger partial charge in [-0.15, -0.1) is 0 Å². The van der Waals surface area contributed by atoms with Crippen molar-refractivity contribution in [2.24, 2.45) is 5.73 Å². The number of phenols is 1. The van der Waals surface area contributed by atoms with Gasteiger partial charge in [0.05, 0.1) is 5.75 Å². The van der Waals surface area contributed by atoms with Crippen molar-refractivity contribution in [3.05, 3.63) is 102 Å². The van der Waals surface area contributed by atoms with Gasteiger partial charge in [-0.2, -0.15) is 0 Å². The molecule has 1 fully saturated rings. The van der Waals surface area contributed by atoms with Gasteiger partial charge in [0.25, 0.3) is 0 Å². The molecule has 51 heavy (non-hydrogen) atoms. The van der Waals surface area contributed by atoms with Crippen LogP contribution in [0.2, 0.25) is 0 Å². The van der Waals surface area contributed by atoms with E-state index in [1.54, 1.807) is 87.5 Å². The molecule has 274 valence electrons. The molecule has 1 aliphatic heterocycles. The summed E-state index contributed by atoms with van der Waals surface area (Å²) in [7, 11) is -4.21. The quantitative estimate of drug-likeness (QED) is 0.158. The maximum absolute atomic E-state index is 14.0.